The lowest BCUT2D eigenvalue weighted by Gasteiger charge is -2.40. The van der Waals surface area contributed by atoms with Gasteiger partial charge in [-0.05, 0) is 32.2 Å². The van der Waals surface area contributed by atoms with Crippen LogP contribution in [0.5, 0.6) is 0 Å². The Bertz CT molecular complexity index is 539. The van der Waals surface area contributed by atoms with Crippen LogP contribution in [0.15, 0.2) is 6.33 Å². The molecule has 2 heterocycles. The molecular formula is C18H32N6O. The number of hydrogen-bond acceptors (Lipinski definition) is 4. The summed E-state index contributed by atoms with van der Waals surface area (Å²) in [5.74, 6) is 0.956. The molecule has 140 valence electrons. The molecule has 1 aromatic heterocycles. The van der Waals surface area contributed by atoms with E-state index < -0.39 is 0 Å². The lowest BCUT2D eigenvalue weighted by atomic mass is 9.92. The number of nitrogens with zero attached hydrogens (tertiary/aromatic N) is 4. The third kappa shape index (κ3) is 5.17. The standard InChI is InChI=1S/C18H32N6O/c1-2-17-22-20-14-24(17)12-10-19-18(25)21-15-7-6-11-23(13-15)16-8-4-3-5-9-16/h14-16H,2-13H2,1H3,(H2,19,21,25)/t15-/m0/s1. The highest BCUT2D eigenvalue weighted by molar-refractivity contribution is 5.74. The number of aromatic nitrogens is 3. The second-order valence-electron chi connectivity index (χ2n) is 7.32. The number of rotatable bonds is 6. The van der Waals surface area contributed by atoms with Crippen molar-refractivity contribution in [2.45, 2.75) is 76.9 Å². The molecule has 1 aliphatic heterocycles. The molecule has 1 aromatic rings. The van der Waals surface area contributed by atoms with E-state index in [0.717, 1.165) is 31.3 Å². The van der Waals surface area contributed by atoms with Gasteiger partial charge in [0.1, 0.15) is 12.2 Å². The fourth-order valence-corrected chi connectivity index (χ4v) is 4.17. The minimum atomic E-state index is -0.0541. The van der Waals surface area contributed by atoms with E-state index in [1.165, 1.54) is 45.1 Å². The van der Waals surface area contributed by atoms with Crippen molar-refractivity contribution in [1.29, 1.82) is 0 Å². The van der Waals surface area contributed by atoms with Crippen LogP contribution in [0.3, 0.4) is 0 Å². The Balaban J connectivity index is 1.38. The van der Waals surface area contributed by atoms with Gasteiger partial charge in [-0.1, -0.05) is 26.2 Å². The maximum Gasteiger partial charge on any atom is 0.315 e. The number of hydrogen-bond donors (Lipinski definition) is 2. The number of carbonyl (C=O) groups excluding carboxylic acids is 1. The van der Waals surface area contributed by atoms with Crippen LogP contribution in [0.1, 0.15) is 57.7 Å². The Kier molecular flexibility index (Phi) is 6.67. The van der Waals surface area contributed by atoms with Gasteiger partial charge in [0.2, 0.25) is 0 Å². The van der Waals surface area contributed by atoms with Gasteiger partial charge in [-0.3, -0.25) is 4.90 Å². The van der Waals surface area contributed by atoms with Crippen molar-refractivity contribution in [3.8, 4) is 0 Å². The third-order valence-corrected chi connectivity index (χ3v) is 5.53. The maximum absolute atomic E-state index is 12.2. The molecule has 0 unspecified atom stereocenters. The van der Waals surface area contributed by atoms with E-state index >= 15 is 0 Å². The molecular weight excluding hydrogens is 316 g/mol. The normalized spacial score (nSPS) is 22.7. The molecule has 1 aliphatic carbocycles. The first-order valence-electron chi connectivity index (χ1n) is 9.91. The van der Waals surface area contributed by atoms with Gasteiger partial charge in [-0.15, -0.1) is 10.2 Å². The summed E-state index contributed by atoms with van der Waals surface area (Å²) >= 11 is 0. The van der Waals surface area contributed by atoms with E-state index in [4.69, 9.17) is 0 Å². The van der Waals surface area contributed by atoms with E-state index in [1.54, 1.807) is 6.33 Å². The highest BCUT2D eigenvalue weighted by Gasteiger charge is 2.27. The molecule has 1 atom stereocenters. The van der Waals surface area contributed by atoms with Crippen LogP contribution in [-0.2, 0) is 13.0 Å². The van der Waals surface area contributed by atoms with Gasteiger partial charge in [0.15, 0.2) is 0 Å². The first-order valence-corrected chi connectivity index (χ1v) is 9.91. The molecule has 2 amide bonds. The molecule has 2 N–H and O–H groups in total. The second kappa shape index (κ2) is 9.17. The average molecular weight is 348 g/mol. The van der Waals surface area contributed by atoms with Gasteiger partial charge in [-0.25, -0.2) is 4.79 Å². The zero-order valence-corrected chi connectivity index (χ0v) is 15.4. The summed E-state index contributed by atoms with van der Waals surface area (Å²) in [6.45, 7) is 5.56. The van der Waals surface area contributed by atoms with Crippen LogP contribution in [-0.4, -0.2) is 57.4 Å². The Morgan fingerprint density at radius 1 is 1.24 bits per heavy atom. The average Bonchev–Trinajstić information content (AvgIpc) is 3.10. The number of urea groups is 1. The van der Waals surface area contributed by atoms with Gasteiger partial charge in [0.05, 0.1) is 0 Å². The molecule has 7 heteroatoms. The highest BCUT2D eigenvalue weighted by Crippen LogP contribution is 2.25. The van der Waals surface area contributed by atoms with Crippen LogP contribution >= 0.6 is 0 Å². The van der Waals surface area contributed by atoms with E-state index in [0.29, 0.717) is 13.1 Å². The van der Waals surface area contributed by atoms with Crippen LogP contribution < -0.4 is 10.6 Å². The van der Waals surface area contributed by atoms with Crippen LogP contribution in [0.25, 0.3) is 0 Å². The SMILES string of the molecule is CCc1nncn1CCNC(=O)N[C@H]1CCCN(C2CCCCC2)C1. The van der Waals surface area contributed by atoms with Crippen molar-refractivity contribution in [3.63, 3.8) is 0 Å². The maximum atomic E-state index is 12.2. The third-order valence-electron chi connectivity index (χ3n) is 5.53. The van der Waals surface area contributed by atoms with Crippen LogP contribution in [0.2, 0.25) is 0 Å². The number of amides is 2. The van der Waals surface area contributed by atoms with E-state index in [9.17, 15) is 4.79 Å². The number of nitrogens with one attached hydrogen (secondary N) is 2. The van der Waals surface area contributed by atoms with E-state index in [2.05, 4.69) is 32.7 Å². The Labute approximate surface area is 150 Å². The first-order chi connectivity index (χ1) is 12.3. The monoisotopic (exact) mass is 348 g/mol. The zero-order valence-electron chi connectivity index (χ0n) is 15.4. The van der Waals surface area contributed by atoms with Gasteiger partial charge >= 0.3 is 6.03 Å². The molecule has 1 saturated carbocycles. The van der Waals surface area contributed by atoms with Crippen LogP contribution in [0.4, 0.5) is 4.79 Å². The summed E-state index contributed by atoms with van der Waals surface area (Å²) in [4.78, 5) is 14.8. The van der Waals surface area contributed by atoms with E-state index in [-0.39, 0.29) is 12.1 Å². The molecule has 0 aromatic carbocycles. The summed E-state index contributed by atoms with van der Waals surface area (Å²) in [5, 5.41) is 14.1. The predicted molar refractivity (Wildman–Crippen MR) is 97.4 cm³/mol. The van der Waals surface area contributed by atoms with Crippen molar-refractivity contribution in [3.05, 3.63) is 12.2 Å². The van der Waals surface area contributed by atoms with Crippen molar-refractivity contribution in [1.82, 2.24) is 30.3 Å². The second-order valence-corrected chi connectivity index (χ2v) is 7.32. The molecule has 2 fully saturated rings. The molecule has 0 bridgehead atoms. The van der Waals surface area contributed by atoms with Crippen molar-refractivity contribution in [2.75, 3.05) is 19.6 Å². The van der Waals surface area contributed by atoms with Gasteiger partial charge in [-0.2, -0.15) is 0 Å². The Morgan fingerprint density at radius 2 is 2.08 bits per heavy atom. The fourth-order valence-electron chi connectivity index (χ4n) is 4.17. The quantitative estimate of drug-likeness (QED) is 0.824. The minimum absolute atomic E-state index is 0.0541. The summed E-state index contributed by atoms with van der Waals surface area (Å²) in [6, 6.07) is 0.959. The van der Waals surface area contributed by atoms with Crippen molar-refractivity contribution < 1.29 is 4.79 Å². The summed E-state index contributed by atoms with van der Waals surface area (Å²) < 4.78 is 1.99. The zero-order chi connectivity index (χ0) is 17.5. The van der Waals surface area contributed by atoms with Gasteiger partial charge in [0.25, 0.3) is 0 Å². The molecule has 7 nitrogen and oxygen atoms in total. The largest absolute Gasteiger partial charge is 0.336 e. The lowest BCUT2D eigenvalue weighted by molar-refractivity contribution is 0.112. The summed E-state index contributed by atoms with van der Waals surface area (Å²) in [5.41, 5.74) is 0. The molecule has 25 heavy (non-hydrogen) atoms. The summed E-state index contributed by atoms with van der Waals surface area (Å²) in [6.07, 6.45) is 11.6. The topological polar surface area (TPSA) is 75.1 Å². The number of piperidine rings is 1. The molecule has 1 saturated heterocycles. The van der Waals surface area contributed by atoms with Crippen molar-refractivity contribution in [2.24, 2.45) is 0 Å². The highest BCUT2D eigenvalue weighted by atomic mass is 16.2. The number of aryl methyl sites for hydroxylation is 1. The van der Waals surface area contributed by atoms with Gasteiger partial charge < -0.3 is 15.2 Å². The number of carbonyl (C=O) groups is 1. The molecule has 0 radical (unpaired) electrons. The first kappa shape index (κ1) is 18.2. The van der Waals surface area contributed by atoms with Gasteiger partial charge in [0, 0.05) is 38.1 Å². The lowest BCUT2D eigenvalue weighted by Crippen LogP contribution is -2.53. The molecule has 0 spiro atoms. The number of likely N-dealkylation sites (tertiary alicyclic amines) is 1. The Morgan fingerprint density at radius 3 is 2.88 bits per heavy atom. The smallest absolute Gasteiger partial charge is 0.315 e. The van der Waals surface area contributed by atoms with Crippen LogP contribution in [0, 0.1) is 0 Å². The molecule has 2 aliphatic rings. The minimum Gasteiger partial charge on any atom is -0.336 e. The Hall–Kier alpha value is -1.63. The predicted octanol–water partition coefficient (Wildman–Crippen LogP) is 1.94. The molecule has 3 rings (SSSR count). The van der Waals surface area contributed by atoms with E-state index in [1.807, 2.05) is 4.57 Å². The fraction of sp³-hybridized carbons (Fsp3) is 0.833. The van der Waals surface area contributed by atoms with Crippen molar-refractivity contribution >= 4 is 6.03 Å². The summed E-state index contributed by atoms with van der Waals surface area (Å²) in [7, 11) is 0.